The van der Waals surface area contributed by atoms with E-state index in [9.17, 15) is 29.4 Å². The summed E-state index contributed by atoms with van der Waals surface area (Å²) < 4.78 is 0. The van der Waals surface area contributed by atoms with Crippen molar-refractivity contribution in [1.82, 2.24) is 0 Å². The topological polar surface area (TPSA) is 213 Å². The van der Waals surface area contributed by atoms with Crippen LogP contribution in [0.1, 0.15) is 83.5 Å². The first-order valence-corrected chi connectivity index (χ1v) is 11.1. The minimum atomic E-state index is -1.87. The highest BCUT2D eigenvalue weighted by Crippen LogP contribution is 2.19. The van der Waals surface area contributed by atoms with Gasteiger partial charge in [0.25, 0.3) is 0 Å². The predicted molar refractivity (Wildman–Crippen MR) is 117 cm³/mol. The van der Waals surface area contributed by atoms with Crippen LogP contribution in [0.4, 0.5) is 0 Å². The summed E-state index contributed by atoms with van der Waals surface area (Å²) in [4.78, 5) is 47.5. The molecular weight excluding hydrogens is 404 g/mol. The minimum Gasteiger partial charge on any atom is -0.480 e. The average molecular weight is 445 g/mol. The summed E-state index contributed by atoms with van der Waals surface area (Å²) in [6.07, 6.45) is 5.57. The number of nitrogens with two attached hydrogens (primary N) is 4. The van der Waals surface area contributed by atoms with Crippen molar-refractivity contribution in [3.8, 4) is 0 Å². The molecule has 10 nitrogen and oxygen atoms in total. The van der Waals surface area contributed by atoms with E-state index < -0.39 is 34.6 Å². The molecule has 0 rings (SSSR count). The molecule has 0 saturated carbocycles. The van der Waals surface area contributed by atoms with Crippen molar-refractivity contribution in [1.29, 1.82) is 0 Å². The van der Waals surface area contributed by atoms with E-state index in [4.69, 9.17) is 22.9 Å². The van der Waals surface area contributed by atoms with Gasteiger partial charge in [0.05, 0.1) is 0 Å². The molecule has 0 spiro atoms. The van der Waals surface area contributed by atoms with Crippen LogP contribution in [0.5, 0.6) is 0 Å². The molecule has 0 aliphatic heterocycles. The summed E-state index contributed by atoms with van der Waals surface area (Å²) in [5, 5.41) is 18.7. The molecule has 0 radical (unpaired) electrons. The summed E-state index contributed by atoms with van der Waals surface area (Å²) in [7, 11) is 0. The van der Waals surface area contributed by atoms with Gasteiger partial charge in [-0.25, -0.2) is 9.59 Å². The Kier molecular flexibility index (Phi) is 14.1. The van der Waals surface area contributed by atoms with E-state index in [2.05, 4.69) is 0 Å². The number of hydrogen-bond acceptors (Lipinski definition) is 8. The molecule has 0 amide bonds. The number of rotatable bonds is 20. The number of carboxylic acids is 2. The highest BCUT2D eigenvalue weighted by atomic mass is 16.4. The van der Waals surface area contributed by atoms with Crippen molar-refractivity contribution in [3.63, 3.8) is 0 Å². The van der Waals surface area contributed by atoms with Gasteiger partial charge in [0.1, 0.15) is 0 Å². The van der Waals surface area contributed by atoms with Crippen LogP contribution in [0.2, 0.25) is 0 Å². The van der Waals surface area contributed by atoms with Gasteiger partial charge in [-0.05, 0) is 64.5 Å². The molecule has 10 N–H and O–H groups in total. The van der Waals surface area contributed by atoms with Crippen LogP contribution in [0.15, 0.2) is 0 Å². The Morgan fingerprint density at radius 2 is 0.871 bits per heavy atom. The highest BCUT2D eigenvalue weighted by molar-refractivity contribution is 6.08. The fourth-order valence-electron chi connectivity index (χ4n) is 3.38. The largest absolute Gasteiger partial charge is 0.480 e. The lowest BCUT2D eigenvalue weighted by Crippen LogP contribution is -2.54. The van der Waals surface area contributed by atoms with Gasteiger partial charge < -0.3 is 33.1 Å². The van der Waals surface area contributed by atoms with E-state index in [0.717, 1.165) is 6.42 Å². The van der Waals surface area contributed by atoms with Crippen molar-refractivity contribution in [2.45, 2.75) is 94.5 Å². The number of unbranched alkanes of at least 4 members (excludes halogenated alkanes) is 6. The zero-order valence-corrected chi connectivity index (χ0v) is 18.4. The lowest BCUT2D eigenvalue weighted by Gasteiger charge is -2.23. The Balaban J connectivity index is 4.28. The van der Waals surface area contributed by atoms with E-state index in [1.807, 2.05) is 0 Å². The van der Waals surface area contributed by atoms with Crippen LogP contribution in [0, 0.1) is 0 Å². The molecule has 0 bridgehead atoms. The van der Waals surface area contributed by atoms with E-state index in [1.165, 1.54) is 0 Å². The average Bonchev–Trinajstić information content (AvgIpc) is 2.72. The Labute approximate surface area is 184 Å². The van der Waals surface area contributed by atoms with Gasteiger partial charge in [-0.1, -0.05) is 19.3 Å². The molecule has 0 aliphatic carbocycles. The first-order chi connectivity index (χ1) is 14.6. The van der Waals surface area contributed by atoms with Gasteiger partial charge in [0, 0.05) is 12.8 Å². The van der Waals surface area contributed by atoms with Gasteiger partial charge in [-0.2, -0.15) is 0 Å². The Morgan fingerprint density at radius 1 is 0.548 bits per heavy atom. The summed E-state index contributed by atoms with van der Waals surface area (Å²) >= 11 is 0. The van der Waals surface area contributed by atoms with E-state index in [-0.39, 0.29) is 25.7 Å². The quantitative estimate of drug-likeness (QED) is 0.114. The van der Waals surface area contributed by atoms with Crippen molar-refractivity contribution in [3.05, 3.63) is 0 Å². The summed E-state index contributed by atoms with van der Waals surface area (Å²) in [5.74, 6) is -3.61. The van der Waals surface area contributed by atoms with Crippen LogP contribution in [-0.2, 0) is 19.2 Å². The third-order valence-electron chi connectivity index (χ3n) is 5.62. The van der Waals surface area contributed by atoms with Crippen molar-refractivity contribution >= 4 is 23.5 Å². The molecule has 0 saturated heterocycles. The van der Waals surface area contributed by atoms with Crippen LogP contribution in [0.3, 0.4) is 0 Å². The van der Waals surface area contributed by atoms with Gasteiger partial charge in [0.15, 0.2) is 22.6 Å². The number of carbonyl (C=O) groups excluding carboxylic acids is 2. The summed E-state index contributed by atoms with van der Waals surface area (Å²) in [5.41, 5.74) is 18.7. The Morgan fingerprint density at radius 3 is 1.16 bits per heavy atom. The second-order valence-corrected chi connectivity index (χ2v) is 8.16. The molecule has 0 aromatic heterocycles. The van der Waals surface area contributed by atoms with Crippen LogP contribution in [0.25, 0.3) is 0 Å². The number of ketones is 2. The van der Waals surface area contributed by atoms with E-state index >= 15 is 0 Å². The number of carbonyl (C=O) groups is 4. The van der Waals surface area contributed by atoms with Crippen molar-refractivity contribution in [2.75, 3.05) is 13.1 Å². The number of hydrogen-bond donors (Lipinski definition) is 6. The second-order valence-electron chi connectivity index (χ2n) is 8.16. The molecule has 0 heterocycles. The molecule has 0 aliphatic rings. The fourth-order valence-corrected chi connectivity index (χ4v) is 3.38. The van der Waals surface area contributed by atoms with Crippen LogP contribution < -0.4 is 22.9 Å². The molecule has 2 unspecified atom stereocenters. The lowest BCUT2D eigenvalue weighted by molar-refractivity contribution is -0.150. The minimum absolute atomic E-state index is 0.0656. The van der Waals surface area contributed by atoms with E-state index in [1.54, 1.807) is 0 Å². The van der Waals surface area contributed by atoms with Gasteiger partial charge >= 0.3 is 11.9 Å². The van der Waals surface area contributed by atoms with Gasteiger partial charge in [-0.3, -0.25) is 9.59 Å². The normalized spacial score (nSPS) is 15.1. The molecule has 2 atom stereocenters. The molecule has 0 fully saturated rings. The molecule has 10 heteroatoms. The molecule has 0 aromatic carbocycles. The first-order valence-electron chi connectivity index (χ1n) is 11.1. The van der Waals surface area contributed by atoms with E-state index in [0.29, 0.717) is 64.5 Å². The van der Waals surface area contributed by atoms with Crippen molar-refractivity contribution < 1.29 is 29.4 Å². The van der Waals surface area contributed by atoms with Crippen LogP contribution >= 0.6 is 0 Å². The molecule has 180 valence electrons. The third kappa shape index (κ3) is 9.86. The summed E-state index contributed by atoms with van der Waals surface area (Å²) in [6, 6.07) is 0. The van der Waals surface area contributed by atoms with Crippen molar-refractivity contribution in [2.24, 2.45) is 22.9 Å². The Bertz CT molecular complexity index is 550. The lowest BCUT2D eigenvalue weighted by atomic mass is 9.86. The standard InChI is InChI=1S/C21H40N4O6/c22-14-8-6-12-20(24,18(28)29)16(26)10-4-2-1-3-5-11-17(27)21(25,19(30)31)13-7-9-15-23/h1-15,22-25H2,(H,28,29)(H,30,31). The zero-order valence-electron chi connectivity index (χ0n) is 18.4. The fraction of sp³-hybridized carbons (Fsp3) is 0.810. The highest BCUT2D eigenvalue weighted by Gasteiger charge is 2.41. The SMILES string of the molecule is NCCCCC(N)(C(=O)O)C(=O)CCCCCCCC(=O)C(N)(CCCCN)C(=O)O. The second kappa shape index (κ2) is 15.0. The van der Waals surface area contributed by atoms with Crippen LogP contribution in [-0.4, -0.2) is 57.9 Å². The maximum atomic E-state index is 12.3. The number of Topliss-reactive ketones (excluding diaryl/α,β-unsaturated/α-hetero) is 2. The van der Waals surface area contributed by atoms with Gasteiger partial charge in [-0.15, -0.1) is 0 Å². The Hall–Kier alpha value is -1.88. The molecule has 0 aromatic rings. The zero-order chi connectivity index (χ0) is 23.9. The smallest absolute Gasteiger partial charge is 0.331 e. The number of aliphatic carboxylic acids is 2. The third-order valence-corrected chi connectivity index (χ3v) is 5.62. The van der Waals surface area contributed by atoms with Gasteiger partial charge in [0.2, 0.25) is 0 Å². The maximum Gasteiger partial charge on any atom is 0.331 e. The first kappa shape index (κ1) is 29.1. The number of carboxylic acid groups (broad SMARTS) is 2. The predicted octanol–water partition coefficient (Wildman–Crippen LogP) is 0.678. The monoisotopic (exact) mass is 444 g/mol. The summed E-state index contributed by atoms with van der Waals surface area (Å²) in [6.45, 7) is 0.829. The molecular formula is C21H40N4O6. The molecule has 31 heavy (non-hydrogen) atoms. The maximum absolute atomic E-state index is 12.3.